The Balaban J connectivity index is 2.67. The van der Waals surface area contributed by atoms with Crippen molar-refractivity contribution in [3.05, 3.63) is 29.8 Å². The monoisotopic (exact) mass is 274 g/mol. The number of carboxylic acids is 1. The number of benzene rings is 1. The van der Waals surface area contributed by atoms with Crippen molar-refractivity contribution in [1.82, 2.24) is 0 Å². The summed E-state index contributed by atoms with van der Waals surface area (Å²) >= 11 is 0. The van der Waals surface area contributed by atoms with Crippen molar-refractivity contribution in [3.8, 4) is 17.6 Å². The highest BCUT2D eigenvalue weighted by molar-refractivity contribution is 5.69. The molecule has 0 fully saturated rings. The van der Waals surface area contributed by atoms with E-state index in [1.54, 1.807) is 6.92 Å². The van der Waals surface area contributed by atoms with Crippen molar-refractivity contribution in [1.29, 1.82) is 0 Å². The Hall–Kier alpha value is -1.95. The average Bonchev–Trinajstić information content (AvgIpc) is 2.38. The Bertz CT molecular complexity index is 477. The molecule has 1 aromatic carbocycles. The molecule has 0 saturated heterocycles. The van der Waals surface area contributed by atoms with E-state index >= 15 is 0 Å². The van der Waals surface area contributed by atoms with E-state index < -0.39 is 5.97 Å². The smallest absolute Gasteiger partial charge is 0.304 e. The summed E-state index contributed by atoms with van der Waals surface area (Å²) in [4.78, 5) is 10.8. The van der Waals surface area contributed by atoms with Gasteiger partial charge in [-0.2, -0.15) is 0 Å². The Labute approximate surface area is 121 Å². The van der Waals surface area contributed by atoms with Crippen LogP contribution in [0.2, 0.25) is 0 Å². The van der Waals surface area contributed by atoms with E-state index in [4.69, 9.17) is 9.84 Å². The third-order valence-corrected chi connectivity index (χ3v) is 2.94. The number of carbonyl (C=O) groups is 1. The van der Waals surface area contributed by atoms with E-state index in [1.807, 2.05) is 24.3 Å². The standard InChI is InChI=1S/C17H22O3/c1-4-5-15(12-17(18)19)14-6-8-16(9-7-14)20-11-10-13(2)3/h6-9,13,15H,10-12H2,1-3H3,(H,18,19). The van der Waals surface area contributed by atoms with Crippen LogP contribution in [0.15, 0.2) is 24.3 Å². The first kappa shape index (κ1) is 16.1. The molecule has 0 spiro atoms. The molecule has 1 rings (SSSR count). The normalized spacial score (nSPS) is 11.6. The first-order chi connectivity index (χ1) is 9.52. The van der Waals surface area contributed by atoms with Crippen LogP contribution in [0.1, 0.15) is 45.1 Å². The van der Waals surface area contributed by atoms with Gasteiger partial charge >= 0.3 is 5.97 Å². The molecular weight excluding hydrogens is 252 g/mol. The Morgan fingerprint density at radius 1 is 1.30 bits per heavy atom. The van der Waals surface area contributed by atoms with E-state index in [0.717, 1.165) is 17.7 Å². The molecule has 3 heteroatoms. The van der Waals surface area contributed by atoms with Crippen molar-refractivity contribution < 1.29 is 14.6 Å². The Morgan fingerprint density at radius 2 is 1.95 bits per heavy atom. The summed E-state index contributed by atoms with van der Waals surface area (Å²) in [5, 5.41) is 8.90. The van der Waals surface area contributed by atoms with E-state index in [0.29, 0.717) is 12.5 Å². The van der Waals surface area contributed by atoms with Crippen LogP contribution in [0.3, 0.4) is 0 Å². The van der Waals surface area contributed by atoms with Gasteiger partial charge in [-0.15, -0.1) is 5.92 Å². The Morgan fingerprint density at radius 3 is 2.45 bits per heavy atom. The van der Waals surface area contributed by atoms with Crippen LogP contribution in [0, 0.1) is 17.8 Å². The molecule has 1 atom stereocenters. The summed E-state index contributed by atoms with van der Waals surface area (Å²) in [5.41, 5.74) is 0.915. The van der Waals surface area contributed by atoms with Crippen molar-refractivity contribution >= 4 is 5.97 Å². The first-order valence-corrected chi connectivity index (χ1v) is 6.89. The molecule has 20 heavy (non-hydrogen) atoms. The highest BCUT2D eigenvalue weighted by Crippen LogP contribution is 2.22. The van der Waals surface area contributed by atoms with E-state index in [9.17, 15) is 4.79 Å². The van der Waals surface area contributed by atoms with Gasteiger partial charge in [0.25, 0.3) is 0 Å². The highest BCUT2D eigenvalue weighted by atomic mass is 16.5. The van der Waals surface area contributed by atoms with Gasteiger partial charge in [0, 0.05) is 0 Å². The van der Waals surface area contributed by atoms with Gasteiger partial charge in [-0.3, -0.25) is 4.79 Å². The number of hydrogen-bond donors (Lipinski definition) is 1. The fourth-order valence-electron chi connectivity index (χ4n) is 1.81. The molecule has 1 unspecified atom stereocenters. The van der Waals surface area contributed by atoms with Gasteiger partial charge in [0.15, 0.2) is 0 Å². The molecule has 0 saturated carbocycles. The minimum Gasteiger partial charge on any atom is -0.494 e. The lowest BCUT2D eigenvalue weighted by Gasteiger charge is -2.11. The van der Waals surface area contributed by atoms with Crippen molar-refractivity contribution in [2.45, 2.75) is 39.5 Å². The van der Waals surface area contributed by atoms with Gasteiger partial charge in [0.2, 0.25) is 0 Å². The zero-order valence-electron chi connectivity index (χ0n) is 12.3. The minimum atomic E-state index is -0.838. The second-order valence-electron chi connectivity index (χ2n) is 5.14. The molecule has 0 aliphatic heterocycles. The zero-order chi connectivity index (χ0) is 15.0. The molecule has 108 valence electrons. The summed E-state index contributed by atoms with van der Waals surface area (Å²) in [7, 11) is 0. The second kappa shape index (κ2) is 8.27. The molecule has 0 heterocycles. The topological polar surface area (TPSA) is 46.5 Å². The van der Waals surface area contributed by atoms with Crippen LogP contribution >= 0.6 is 0 Å². The number of carboxylic acid groups (broad SMARTS) is 1. The summed E-state index contributed by atoms with van der Waals surface area (Å²) < 4.78 is 5.64. The van der Waals surface area contributed by atoms with Gasteiger partial charge in [-0.25, -0.2) is 0 Å². The third-order valence-electron chi connectivity index (χ3n) is 2.94. The summed E-state index contributed by atoms with van der Waals surface area (Å²) in [5.74, 6) is 6.06. The first-order valence-electron chi connectivity index (χ1n) is 6.89. The number of hydrogen-bond acceptors (Lipinski definition) is 2. The van der Waals surface area contributed by atoms with Gasteiger partial charge in [-0.1, -0.05) is 31.9 Å². The van der Waals surface area contributed by atoms with Gasteiger partial charge < -0.3 is 9.84 Å². The van der Waals surface area contributed by atoms with Crippen LogP contribution in [-0.2, 0) is 4.79 Å². The van der Waals surface area contributed by atoms with Crippen LogP contribution in [0.4, 0.5) is 0 Å². The van der Waals surface area contributed by atoms with Gasteiger partial charge in [-0.05, 0) is 37.0 Å². The molecule has 3 nitrogen and oxygen atoms in total. The van der Waals surface area contributed by atoms with Gasteiger partial charge in [0.1, 0.15) is 5.75 Å². The zero-order valence-corrected chi connectivity index (χ0v) is 12.3. The summed E-state index contributed by atoms with van der Waals surface area (Å²) in [6, 6.07) is 7.54. The molecule has 0 radical (unpaired) electrons. The second-order valence-corrected chi connectivity index (χ2v) is 5.14. The molecule has 0 aliphatic rings. The van der Waals surface area contributed by atoms with Crippen LogP contribution in [0.25, 0.3) is 0 Å². The fraction of sp³-hybridized carbons (Fsp3) is 0.471. The van der Waals surface area contributed by atoms with Crippen molar-refractivity contribution in [2.75, 3.05) is 6.61 Å². The minimum absolute atomic E-state index is 0.0222. The van der Waals surface area contributed by atoms with Gasteiger partial charge in [0.05, 0.1) is 18.9 Å². The summed E-state index contributed by atoms with van der Waals surface area (Å²) in [6.07, 6.45) is 1.04. The Kier molecular flexibility index (Phi) is 6.66. The maximum absolute atomic E-state index is 10.8. The average molecular weight is 274 g/mol. The third kappa shape index (κ3) is 5.79. The lowest BCUT2D eigenvalue weighted by molar-refractivity contribution is -0.137. The quantitative estimate of drug-likeness (QED) is 0.771. The van der Waals surface area contributed by atoms with Crippen LogP contribution < -0.4 is 4.74 Å². The van der Waals surface area contributed by atoms with E-state index in [2.05, 4.69) is 25.7 Å². The largest absolute Gasteiger partial charge is 0.494 e. The van der Waals surface area contributed by atoms with Crippen LogP contribution in [-0.4, -0.2) is 17.7 Å². The fourth-order valence-corrected chi connectivity index (χ4v) is 1.81. The van der Waals surface area contributed by atoms with Crippen molar-refractivity contribution in [3.63, 3.8) is 0 Å². The highest BCUT2D eigenvalue weighted by Gasteiger charge is 2.13. The number of ether oxygens (including phenoxy) is 1. The number of rotatable bonds is 7. The van der Waals surface area contributed by atoms with E-state index in [1.165, 1.54) is 0 Å². The lowest BCUT2D eigenvalue weighted by Crippen LogP contribution is -2.05. The lowest BCUT2D eigenvalue weighted by atomic mass is 9.96. The molecule has 0 bridgehead atoms. The maximum Gasteiger partial charge on any atom is 0.304 e. The van der Waals surface area contributed by atoms with Crippen molar-refractivity contribution in [2.24, 2.45) is 5.92 Å². The molecule has 1 N–H and O–H groups in total. The molecule has 0 aliphatic carbocycles. The molecule has 0 aromatic heterocycles. The van der Waals surface area contributed by atoms with Crippen LogP contribution in [0.5, 0.6) is 5.75 Å². The maximum atomic E-state index is 10.8. The van der Waals surface area contributed by atoms with E-state index in [-0.39, 0.29) is 12.3 Å². The SMILES string of the molecule is CC#CC(CC(=O)O)c1ccc(OCCC(C)C)cc1. The molecular formula is C17H22O3. The number of aliphatic carboxylic acids is 1. The predicted octanol–water partition coefficient (Wildman–Crippen LogP) is 3.69. The predicted molar refractivity (Wildman–Crippen MR) is 79.8 cm³/mol. The summed E-state index contributed by atoms with van der Waals surface area (Å²) in [6.45, 7) is 6.74. The molecule has 0 amide bonds. The molecule has 1 aromatic rings.